The van der Waals surface area contributed by atoms with Crippen LogP contribution in [-0.2, 0) is 19.6 Å². The second-order valence-corrected chi connectivity index (χ2v) is 9.45. The number of nitrogens with one attached hydrogen (secondary N) is 1. The van der Waals surface area contributed by atoms with Gasteiger partial charge in [0, 0.05) is 17.3 Å². The van der Waals surface area contributed by atoms with Crippen molar-refractivity contribution in [2.45, 2.75) is 24.8 Å². The summed E-state index contributed by atoms with van der Waals surface area (Å²) in [5.74, 6) is -1.01. The Kier molecular flexibility index (Phi) is 7.03. The Morgan fingerprint density at radius 2 is 1.77 bits per heavy atom. The molecule has 3 rings (SSSR count). The Labute approximate surface area is 184 Å². The van der Waals surface area contributed by atoms with Gasteiger partial charge in [0.25, 0.3) is 10.0 Å². The van der Waals surface area contributed by atoms with E-state index in [-0.39, 0.29) is 16.1 Å². The van der Waals surface area contributed by atoms with E-state index in [0.717, 1.165) is 15.6 Å². The molecule has 3 aromatic rings. The average Bonchev–Trinajstić information content (AvgIpc) is 3.27. The third-order valence-corrected chi connectivity index (χ3v) is 6.66. The Morgan fingerprint density at radius 1 is 1.10 bits per heavy atom. The van der Waals surface area contributed by atoms with Crippen LogP contribution in [0.1, 0.15) is 24.2 Å². The van der Waals surface area contributed by atoms with Crippen molar-refractivity contribution in [2.24, 2.45) is 0 Å². The van der Waals surface area contributed by atoms with Crippen molar-refractivity contribution >= 4 is 44.1 Å². The molecule has 2 aromatic carbocycles. The Balaban J connectivity index is 1.75. The smallest absolute Gasteiger partial charge is 0.338 e. The average molecular weight is 460 g/mol. The Hall–Kier alpha value is -3.24. The molecule has 0 aliphatic rings. The molecule has 0 saturated heterocycles. The number of thiazole rings is 1. The number of carbonyl (C=O) groups is 2. The van der Waals surface area contributed by atoms with Gasteiger partial charge in [0.05, 0.1) is 16.6 Å². The zero-order chi connectivity index (χ0) is 22.4. The van der Waals surface area contributed by atoms with Crippen LogP contribution in [0.4, 0.5) is 10.8 Å². The third kappa shape index (κ3) is 5.68. The van der Waals surface area contributed by atoms with Crippen LogP contribution in [0.2, 0.25) is 0 Å². The second-order valence-electron chi connectivity index (χ2n) is 6.72. The van der Waals surface area contributed by atoms with Crippen LogP contribution in [0.25, 0.3) is 0 Å². The molecule has 10 heteroatoms. The van der Waals surface area contributed by atoms with Gasteiger partial charge in [-0.15, -0.1) is 11.3 Å². The lowest BCUT2D eigenvalue weighted by Gasteiger charge is -2.21. The molecule has 1 amide bonds. The van der Waals surface area contributed by atoms with Gasteiger partial charge in [-0.3, -0.25) is 4.79 Å². The predicted octanol–water partition coefficient (Wildman–Crippen LogP) is 3.54. The number of amides is 1. The number of hydrogen-bond donors (Lipinski definition) is 1. The standard InChI is InChI=1S/C21H21N3O5S2/c1-15(2)29-20(26)16-8-10-17(11-9-16)23-19(25)14-24(21-22-12-13-30-21)31(27,28)18-6-4-3-5-7-18/h3-13,15H,14H2,1-2H3,(H,23,25). The van der Waals surface area contributed by atoms with E-state index in [0.29, 0.717) is 11.3 Å². The van der Waals surface area contributed by atoms with Crippen molar-refractivity contribution in [3.63, 3.8) is 0 Å². The van der Waals surface area contributed by atoms with Gasteiger partial charge in [-0.1, -0.05) is 18.2 Å². The minimum absolute atomic E-state index is 0.0611. The fraction of sp³-hybridized carbons (Fsp3) is 0.190. The summed E-state index contributed by atoms with van der Waals surface area (Å²) in [7, 11) is -3.98. The number of anilines is 2. The number of nitrogens with zero attached hydrogens (tertiary/aromatic N) is 2. The molecule has 31 heavy (non-hydrogen) atoms. The van der Waals surface area contributed by atoms with Crippen LogP contribution in [0.3, 0.4) is 0 Å². The van der Waals surface area contributed by atoms with Gasteiger partial charge in [-0.25, -0.2) is 22.5 Å². The van der Waals surface area contributed by atoms with Crippen LogP contribution in [-0.4, -0.2) is 37.9 Å². The van der Waals surface area contributed by atoms with Crippen molar-refractivity contribution in [3.05, 3.63) is 71.7 Å². The van der Waals surface area contributed by atoms with Crippen LogP contribution >= 0.6 is 11.3 Å². The van der Waals surface area contributed by atoms with Gasteiger partial charge < -0.3 is 10.1 Å². The van der Waals surface area contributed by atoms with Crippen LogP contribution in [0, 0.1) is 0 Å². The molecular formula is C21H21N3O5S2. The lowest BCUT2D eigenvalue weighted by molar-refractivity contribution is -0.114. The zero-order valence-electron chi connectivity index (χ0n) is 16.9. The quantitative estimate of drug-likeness (QED) is 0.517. The lowest BCUT2D eigenvalue weighted by Crippen LogP contribution is -2.38. The highest BCUT2D eigenvalue weighted by atomic mass is 32.2. The first-order valence-corrected chi connectivity index (χ1v) is 11.7. The van der Waals surface area contributed by atoms with Gasteiger partial charge in [-0.2, -0.15) is 0 Å². The lowest BCUT2D eigenvalue weighted by atomic mass is 10.2. The van der Waals surface area contributed by atoms with Crippen LogP contribution < -0.4 is 9.62 Å². The summed E-state index contributed by atoms with van der Waals surface area (Å²) < 4.78 is 32.3. The molecule has 0 fully saturated rings. The number of carbonyl (C=O) groups excluding carboxylic acids is 2. The summed E-state index contributed by atoms with van der Waals surface area (Å²) in [6, 6.07) is 14.0. The summed E-state index contributed by atoms with van der Waals surface area (Å²) in [4.78, 5) is 28.7. The van der Waals surface area contributed by atoms with E-state index in [1.165, 1.54) is 30.5 Å². The first kappa shape index (κ1) is 22.4. The van der Waals surface area contributed by atoms with Crippen molar-refractivity contribution in [1.82, 2.24) is 4.98 Å². The maximum Gasteiger partial charge on any atom is 0.338 e. The summed E-state index contributed by atoms with van der Waals surface area (Å²) in [6.07, 6.45) is 1.23. The molecule has 0 atom stereocenters. The topological polar surface area (TPSA) is 106 Å². The number of hydrogen-bond acceptors (Lipinski definition) is 7. The Bertz CT molecular complexity index is 1130. The highest BCUT2D eigenvalue weighted by molar-refractivity contribution is 7.93. The van der Waals surface area contributed by atoms with E-state index in [1.807, 2.05) is 0 Å². The van der Waals surface area contributed by atoms with Gasteiger partial charge in [-0.05, 0) is 50.2 Å². The second kappa shape index (κ2) is 9.71. The zero-order valence-corrected chi connectivity index (χ0v) is 18.5. The first-order chi connectivity index (χ1) is 14.8. The highest BCUT2D eigenvalue weighted by Gasteiger charge is 2.28. The minimum Gasteiger partial charge on any atom is -0.459 e. The number of rotatable bonds is 8. The first-order valence-electron chi connectivity index (χ1n) is 9.35. The van der Waals surface area contributed by atoms with Crippen molar-refractivity contribution < 1.29 is 22.7 Å². The number of benzene rings is 2. The number of aromatic nitrogens is 1. The number of sulfonamides is 1. The van der Waals surface area contributed by atoms with E-state index in [4.69, 9.17) is 4.74 Å². The monoisotopic (exact) mass is 459 g/mol. The maximum atomic E-state index is 13.1. The number of ether oxygens (including phenoxy) is 1. The van der Waals surface area contributed by atoms with Gasteiger partial charge >= 0.3 is 5.97 Å². The molecule has 1 N–H and O–H groups in total. The van der Waals surface area contributed by atoms with E-state index in [1.54, 1.807) is 49.6 Å². The largest absolute Gasteiger partial charge is 0.459 e. The molecule has 0 spiro atoms. The molecule has 0 aliphatic carbocycles. The van der Waals surface area contributed by atoms with E-state index >= 15 is 0 Å². The summed E-state index contributed by atoms with van der Waals surface area (Å²) in [6.45, 7) is 3.05. The predicted molar refractivity (Wildman–Crippen MR) is 119 cm³/mol. The summed E-state index contributed by atoms with van der Waals surface area (Å²) in [5, 5.41) is 4.47. The summed E-state index contributed by atoms with van der Waals surface area (Å²) in [5.41, 5.74) is 0.769. The molecule has 0 radical (unpaired) electrons. The molecule has 0 bridgehead atoms. The molecule has 1 heterocycles. The minimum atomic E-state index is -3.98. The van der Waals surface area contributed by atoms with Gasteiger partial charge in [0.15, 0.2) is 5.13 Å². The van der Waals surface area contributed by atoms with E-state index < -0.39 is 28.4 Å². The third-order valence-electron chi connectivity index (χ3n) is 4.00. The van der Waals surface area contributed by atoms with Crippen molar-refractivity contribution in [1.29, 1.82) is 0 Å². The van der Waals surface area contributed by atoms with Crippen LogP contribution in [0.5, 0.6) is 0 Å². The SMILES string of the molecule is CC(C)OC(=O)c1ccc(NC(=O)CN(c2nccs2)S(=O)(=O)c2ccccc2)cc1. The van der Waals surface area contributed by atoms with E-state index in [2.05, 4.69) is 10.3 Å². The molecule has 8 nitrogen and oxygen atoms in total. The highest BCUT2D eigenvalue weighted by Crippen LogP contribution is 2.25. The maximum absolute atomic E-state index is 13.1. The van der Waals surface area contributed by atoms with Gasteiger partial charge in [0.1, 0.15) is 6.54 Å². The number of esters is 1. The fourth-order valence-corrected chi connectivity index (χ4v) is 4.88. The summed E-state index contributed by atoms with van der Waals surface area (Å²) >= 11 is 1.12. The molecule has 0 saturated carbocycles. The van der Waals surface area contributed by atoms with E-state index in [9.17, 15) is 18.0 Å². The molecule has 0 aliphatic heterocycles. The van der Waals surface area contributed by atoms with Crippen molar-refractivity contribution in [3.8, 4) is 0 Å². The van der Waals surface area contributed by atoms with Crippen molar-refractivity contribution in [2.75, 3.05) is 16.2 Å². The normalized spacial score (nSPS) is 11.2. The molecule has 162 valence electrons. The Morgan fingerprint density at radius 3 is 2.35 bits per heavy atom. The molecule has 1 aromatic heterocycles. The fourth-order valence-electron chi connectivity index (χ4n) is 2.62. The molecule has 0 unspecified atom stereocenters. The van der Waals surface area contributed by atoms with Gasteiger partial charge in [0.2, 0.25) is 5.91 Å². The molecular weight excluding hydrogens is 438 g/mol. The van der Waals surface area contributed by atoms with Crippen LogP contribution in [0.15, 0.2) is 71.1 Å².